The molecule has 0 radical (unpaired) electrons. The lowest BCUT2D eigenvalue weighted by Crippen LogP contribution is -2.36. The van der Waals surface area contributed by atoms with Crippen LogP contribution in [0.5, 0.6) is 0 Å². The summed E-state index contributed by atoms with van der Waals surface area (Å²) < 4.78 is 5.83. The number of nitrogens with two attached hydrogens (primary N) is 1. The molecule has 2 heteroatoms. The van der Waals surface area contributed by atoms with Crippen molar-refractivity contribution in [1.82, 2.24) is 0 Å². The van der Waals surface area contributed by atoms with Crippen LogP contribution in [0.25, 0.3) is 0 Å². The van der Waals surface area contributed by atoms with Gasteiger partial charge in [0.25, 0.3) is 0 Å². The smallest absolute Gasteiger partial charge is 0.0629 e. The Hall–Kier alpha value is -0.860. The summed E-state index contributed by atoms with van der Waals surface area (Å²) >= 11 is 0. The number of benzene rings is 1. The predicted octanol–water partition coefficient (Wildman–Crippen LogP) is 3.32. The molecule has 0 spiro atoms. The first kappa shape index (κ1) is 13.6. The molecule has 1 aliphatic rings. The van der Waals surface area contributed by atoms with Crippen LogP contribution in [0.3, 0.4) is 0 Å². The van der Waals surface area contributed by atoms with Crippen LogP contribution in [0.15, 0.2) is 30.3 Å². The largest absolute Gasteiger partial charge is 0.376 e. The maximum atomic E-state index is 5.83. The standard InChI is InChI=1S/C16H25NO/c1-16(2)12-14(9-11-18-16)15(8-10-17)13-6-4-3-5-7-13/h3-7,14-15H,8-12,17H2,1-2H3/t14-,15+/m0/s1. The fourth-order valence-electron chi connectivity index (χ4n) is 3.18. The van der Waals surface area contributed by atoms with Crippen molar-refractivity contribution in [2.24, 2.45) is 11.7 Å². The summed E-state index contributed by atoms with van der Waals surface area (Å²) in [4.78, 5) is 0. The summed E-state index contributed by atoms with van der Waals surface area (Å²) in [7, 11) is 0. The molecule has 1 aromatic rings. The lowest BCUT2D eigenvalue weighted by atomic mass is 9.75. The average Bonchev–Trinajstić information content (AvgIpc) is 2.36. The van der Waals surface area contributed by atoms with E-state index in [2.05, 4.69) is 44.2 Å². The Morgan fingerprint density at radius 1 is 1.33 bits per heavy atom. The SMILES string of the molecule is CC1(C)C[C@@H]([C@H](CCN)c2ccccc2)CCO1. The highest BCUT2D eigenvalue weighted by molar-refractivity contribution is 5.20. The molecule has 1 heterocycles. The fourth-order valence-corrected chi connectivity index (χ4v) is 3.18. The maximum absolute atomic E-state index is 5.83. The molecule has 18 heavy (non-hydrogen) atoms. The molecule has 1 aliphatic heterocycles. The lowest BCUT2D eigenvalue weighted by Gasteiger charge is -2.39. The summed E-state index contributed by atoms with van der Waals surface area (Å²) in [5.41, 5.74) is 7.26. The highest BCUT2D eigenvalue weighted by Crippen LogP contribution is 2.39. The van der Waals surface area contributed by atoms with Crippen molar-refractivity contribution >= 4 is 0 Å². The first-order chi connectivity index (χ1) is 8.62. The molecule has 0 saturated carbocycles. The molecule has 1 aromatic carbocycles. The van der Waals surface area contributed by atoms with E-state index >= 15 is 0 Å². The van der Waals surface area contributed by atoms with Gasteiger partial charge in [-0.15, -0.1) is 0 Å². The third-order valence-electron chi connectivity index (χ3n) is 4.01. The van der Waals surface area contributed by atoms with Crippen molar-refractivity contribution in [3.63, 3.8) is 0 Å². The van der Waals surface area contributed by atoms with Gasteiger partial charge in [-0.05, 0) is 57.1 Å². The minimum absolute atomic E-state index is 0.0184. The molecule has 0 amide bonds. The van der Waals surface area contributed by atoms with Gasteiger partial charge in [0.2, 0.25) is 0 Å². The molecule has 0 aliphatic carbocycles. The minimum atomic E-state index is 0.0184. The van der Waals surface area contributed by atoms with Crippen LogP contribution in [-0.4, -0.2) is 18.8 Å². The first-order valence-electron chi connectivity index (χ1n) is 7.01. The van der Waals surface area contributed by atoms with Crippen molar-refractivity contribution < 1.29 is 4.74 Å². The molecule has 1 fully saturated rings. The zero-order valence-corrected chi connectivity index (χ0v) is 11.6. The quantitative estimate of drug-likeness (QED) is 0.885. The summed E-state index contributed by atoms with van der Waals surface area (Å²) in [5, 5.41) is 0. The third kappa shape index (κ3) is 3.33. The Balaban J connectivity index is 2.15. The van der Waals surface area contributed by atoms with Crippen LogP contribution >= 0.6 is 0 Å². The summed E-state index contributed by atoms with van der Waals surface area (Å²) in [6, 6.07) is 10.8. The molecule has 2 atom stereocenters. The van der Waals surface area contributed by atoms with Crippen molar-refractivity contribution in [2.45, 2.75) is 44.6 Å². The summed E-state index contributed by atoms with van der Waals surface area (Å²) in [6.45, 7) is 6.04. The lowest BCUT2D eigenvalue weighted by molar-refractivity contribution is -0.0771. The number of rotatable bonds is 4. The van der Waals surface area contributed by atoms with E-state index in [0.717, 1.165) is 32.4 Å². The van der Waals surface area contributed by atoms with E-state index in [1.165, 1.54) is 5.56 Å². The van der Waals surface area contributed by atoms with E-state index in [1.807, 2.05) is 0 Å². The zero-order valence-electron chi connectivity index (χ0n) is 11.6. The van der Waals surface area contributed by atoms with Crippen LogP contribution in [0.2, 0.25) is 0 Å². The third-order valence-corrected chi connectivity index (χ3v) is 4.01. The van der Waals surface area contributed by atoms with Crippen LogP contribution in [-0.2, 0) is 4.74 Å². The van der Waals surface area contributed by atoms with Gasteiger partial charge in [0, 0.05) is 6.61 Å². The highest BCUT2D eigenvalue weighted by Gasteiger charge is 2.33. The Morgan fingerprint density at radius 2 is 2.06 bits per heavy atom. The maximum Gasteiger partial charge on any atom is 0.0629 e. The second kappa shape index (κ2) is 5.85. The summed E-state index contributed by atoms with van der Waals surface area (Å²) in [6.07, 6.45) is 3.36. The molecule has 2 N–H and O–H groups in total. The van der Waals surface area contributed by atoms with Gasteiger partial charge in [-0.3, -0.25) is 0 Å². The average molecular weight is 247 g/mol. The first-order valence-corrected chi connectivity index (χ1v) is 7.01. The summed E-state index contributed by atoms with van der Waals surface area (Å²) in [5.74, 6) is 1.28. The molecule has 2 rings (SSSR count). The monoisotopic (exact) mass is 247 g/mol. The second-order valence-corrected chi connectivity index (χ2v) is 5.96. The van der Waals surface area contributed by atoms with Gasteiger partial charge in [-0.1, -0.05) is 30.3 Å². The second-order valence-electron chi connectivity index (χ2n) is 5.96. The molecular formula is C16H25NO. The van der Waals surface area contributed by atoms with Gasteiger partial charge in [-0.25, -0.2) is 0 Å². The van der Waals surface area contributed by atoms with Crippen molar-refractivity contribution in [3.8, 4) is 0 Å². The van der Waals surface area contributed by atoms with E-state index in [1.54, 1.807) is 0 Å². The van der Waals surface area contributed by atoms with Crippen molar-refractivity contribution in [2.75, 3.05) is 13.2 Å². The molecule has 100 valence electrons. The molecule has 1 saturated heterocycles. The Kier molecular flexibility index (Phi) is 4.41. The zero-order chi connectivity index (χ0) is 13.0. The van der Waals surface area contributed by atoms with Gasteiger partial charge in [-0.2, -0.15) is 0 Å². The Morgan fingerprint density at radius 3 is 2.67 bits per heavy atom. The number of hydrogen-bond acceptors (Lipinski definition) is 2. The number of hydrogen-bond donors (Lipinski definition) is 1. The van der Waals surface area contributed by atoms with Crippen LogP contribution in [0.1, 0.15) is 44.6 Å². The normalized spacial score (nSPS) is 24.7. The molecule has 0 aromatic heterocycles. The van der Waals surface area contributed by atoms with Crippen molar-refractivity contribution in [1.29, 1.82) is 0 Å². The molecule has 2 nitrogen and oxygen atoms in total. The van der Waals surface area contributed by atoms with E-state index in [-0.39, 0.29) is 5.60 Å². The van der Waals surface area contributed by atoms with E-state index in [4.69, 9.17) is 10.5 Å². The Bertz CT molecular complexity index is 361. The van der Waals surface area contributed by atoms with Gasteiger partial charge in [0.15, 0.2) is 0 Å². The van der Waals surface area contributed by atoms with E-state index in [0.29, 0.717) is 11.8 Å². The van der Waals surface area contributed by atoms with Crippen LogP contribution in [0.4, 0.5) is 0 Å². The van der Waals surface area contributed by atoms with E-state index in [9.17, 15) is 0 Å². The van der Waals surface area contributed by atoms with Crippen molar-refractivity contribution in [3.05, 3.63) is 35.9 Å². The fraction of sp³-hybridized carbons (Fsp3) is 0.625. The van der Waals surface area contributed by atoms with E-state index < -0.39 is 0 Å². The molecule has 0 unspecified atom stereocenters. The Labute approximate surface area is 111 Å². The van der Waals surface area contributed by atoms with Gasteiger partial charge < -0.3 is 10.5 Å². The van der Waals surface area contributed by atoms with Gasteiger partial charge in [0.1, 0.15) is 0 Å². The highest BCUT2D eigenvalue weighted by atomic mass is 16.5. The number of ether oxygens (including phenoxy) is 1. The van der Waals surface area contributed by atoms with Gasteiger partial charge in [0.05, 0.1) is 5.60 Å². The molecule has 0 bridgehead atoms. The minimum Gasteiger partial charge on any atom is -0.376 e. The topological polar surface area (TPSA) is 35.2 Å². The molecular weight excluding hydrogens is 222 g/mol. The predicted molar refractivity (Wildman–Crippen MR) is 75.6 cm³/mol. The van der Waals surface area contributed by atoms with Crippen LogP contribution < -0.4 is 5.73 Å². The van der Waals surface area contributed by atoms with Crippen LogP contribution in [0, 0.1) is 5.92 Å². The van der Waals surface area contributed by atoms with Gasteiger partial charge >= 0.3 is 0 Å².